The van der Waals surface area contributed by atoms with Gasteiger partial charge in [0.1, 0.15) is 0 Å². The zero-order valence-corrected chi connectivity index (χ0v) is 24.4. The molecule has 0 spiro atoms. The molecule has 2 rings (SSSR count). The molecular formula is C36H50. The maximum atomic E-state index is 3.91. The van der Waals surface area contributed by atoms with Crippen LogP contribution in [0.1, 0.15) is 79.4 Å². The van der Waals surface area contributed by atoms with Gasteiger partial charge in [0.2, 0.25) is 0 Å². The normalized spacial score (nSPS) is 24.0. The summed E-state index contributed by atoms with van der Waals surface area (Å²) >= 11 is 0. The lowest BCUT2D eigenvalue weighted by Gasteiger charge is -2.18. The van der Waals surface area contributed by atoms with Crippen LogP contribution in [0.25, 0.3) is 6.08 Å². The number of aryl methyl sites for hydroxylation is 1. The molecule has 0 saturated heterocycles. The van der Waals surface area contributed by atoms with E-state index in [1.54, 1.807) is 0 Å². The molecule has 0 aromatic heterocycles. The Labute approximate surface area is 223 Å². The van der Waals surface area contributed by atoms with Crippen LogP contribution in [0, 0.1) is 24.7 Å². The smallest absolute Gasteiger partial charge is 0.0231 e. The van der Waals surface area contributed by atoms with Crippen LogP contribution in [0.4, 0.5) is 0 Å². The highest BCUT2D eigenvalue weighted by molar-refractivity contribution is 5.56. The largest absolute Gasteiger partial charge is 0.0991 e. The summed E-state index contributed by atoms with van der Waals surface area (Å²) in [4.78, 5) is 0. The van der Waals surface area contributed by atoms with Crippen LogP contribution in [0.3, 0.4) is 0 Å². The van der Waals surface area contributed by atoms with Crippen molar-refractivity contribution in [2.45, 2.75) is 75.2 Å². The zero-order valence-electron chi connectivity index (χ0n) is 24.4. The minimum atomic E-state index is 0.250. The highest BCUT2D eigenvalue weighted by Gasteiger charge is 2.16. The fraction of sp³-hybridized carbons (Fsp3) is 0.389. The Morgan fingerprint density at radius 1 is 1.06 bits per heavy atom. The molecule has 0 heterocycles. The van der Waals surface area contributed by atoms with E-state index >= 15 is 0 Å². The van der Waals surface area contributed by atoms with Gasteiger partial charge in [0.25, 0.3) is 0 Å². The lowest BCUT2D eigenvalue weighted by atomic mass is 9.87. The maximum absolute atomic E-state index is 3.91. The summed E-state index contributed by atoms with van der Waals surface area (Å²) in [5.41, 5.74) is 9.29. The van der Waals surface area contributed by atoms with Crippen molar-refractivity contribution in [3.05, 3.63) is 125 Å². The highest BCUT2D eigenvalue weighted by Crippen LogP contribution is 2.31. The predicted molar refractivity (Wildman–Crippen MR) is 165 cm³/mol. The quantitative estimate of drug-likeness (QED) is 0.255. The van der Waals surface area contributed by atoms with E-state index < -0.39 is 0 Å². The molecule has 1 aromatic rings. The summed E-state index contributed by atoms with van der Waals surface area (Å²) in [6, 6.07) is 8.72. The van der Waals surface area contributed by atoms with Crippen LogP contribution in [-0.2, 0) is 0 Å². The lowest BCUT2D eigenvalue weighted by molar-refractivity contribution is 0.690. The number of rotatable bonds is 8. The van der Waals surface area contributed by atoms with Crippen LogP contribution < -0.4 is 0 Å². The van der Waals surface area contributed by atoms with Crippen molar-refractivity contribution in [1.29, 1.82) is 0 Å². The van der Waals surface area contributed by atoms with Crippen molar-refractivity contribution in [2.75, 3.05) is 0 Å². The van der Waals surface area contributed by atoms with E-state index in [1.807, 2.05) is 19.9 Å². The standard InChI is InChI=1S/C34H44.C2H6/c1-9-11-28(7)34-24-31(19-18-30-16-13-26(5)14-17-30)23-29(8)27(6)15-20-33(34)22-21-32(12-10-2)25(3)4;1-2/h10-14,16-25,27,34H,2,9,15H2,1,3-8H3;1-2H3/b19-18+,22-21+,28-11+,29-23+,31-24-,32-12-,33-20-;. The van der Waals surface area contributed by atoms with Gasteiger partial charge in [-0.1, -0.05) is 150 Å². The number of benzene rings is 1. The summed E-state index contributed by atoms with van der Waals surface area (Å²) < 4.78 is 0. The molecule has 1 aliphatic rings. The van der Waals surface area contributed by atoms with Gasteiger partial charge in [-0.15, -0.1) is 0 Å². The number of hydrogen-bond acceptors (Lipinski definition) is 0. The molecule has 1 aliphatic carbocycles. The first kappa shape index (κ1) is 31.2. The Morgan fingerprint density at radius 2 is 1.72 bits per heavy atom. The Balaban J connectivity index is 0.00000316. The van der Waals surface area contributed by atoms with Crippen molar-refractivity contribution >= 4 is 6.08 Å². The monoisotopic (exact) mass is 482 g/mol. The van der Waals surface area contributed by atoms with Gasteiger partial charge in [-0.05, 0) is 67.7 Å². The fourth-order valence-electron chi connectivity index (χ4n) is 4.13. The molecule has 2 atom stereocenters. The van der Waals surface area contributed by atoms with Gasteiger partial charge in [-0.3, -0.25) is 0 Å². The van der Waals surface area contributed by atoms with Gasteiger partial charge in [0, 0.05) is 5.92 Å². The van der Waals surface area contributed by atoms with E-state index in [0.29, 0.717) is 11.8 Å². The van der Waals surface area contributed by atoms with Crippen LogP contribution in [0.15, 0.2) is 113 Å². The highest BCUT2D eigenvalue weighted by atomic mass is 14.2. The summed E-state index contributed by atoms with van der Waals surface area (Å²) in [7, 11) is 0. The second kappa shape index (κ2) is 16.7. The van der Waals surface area contributed by atoms with Gasteiger partial charge in [-0.25, -0.2) is 0 Å². The fourth-order valence-corrected chi connectivity index (χ4v) is 4.13. The van der Waals surface area contributed by atoms with Crippen molar-refractivity contribution in [1.82, 2.24) is 0 Å². The molecule has 0 aliphatic heterocycles. The van der Waals surface area contributed by atoms with Crippen molar-refractivity contribution in [3.63, 3.8) is 0 Å². The van der Waals surface area contributed by atoms with E-state index in [-0.39, 0.29) is 5.92 Å². The molecule has 194 valence electrons. The van der Waals surface area contributed by atoms with E-state index in [1.165, 1.54) is 39.0 Å². The third-order valence-electron chi connectivity index (χ3n) is 6.60. The van der Waals surface area contributed by atoms with Crippen molar-refractivity contribution in [2.24, 2.45) is 17.8 Å². The second-order valence-electron chi connectivity index (χ2n) is 9.86. The van der Waals surface area contributed by atoms with E-state index in [4.69, 9.17) is 0 Å². The van der Waals surface area contributed by atoms with Gasteiger partial charge in [0.15, 0.2) is 0 Å². The summed E-state index contributed by atoms with van der Waals surface area (Å²) in [5.74, 6) is 1.21. The molecule has 0 amide bonds. The Morgan fingerprint density at radius 3 is 2.31 bits per heavy atom. The molecule has 1 aromatic carbocycles. The first-order valence-electron chi connectivity index (χ1n) is 13.8. The molecule has 0 radical (unpaired) electrons. The number of allylic oxidation sites excluding steroid dienone is 14. The molecule has 0 fully saturated rings. The predicted octanol–water partition coefficient (Wildman–Crippen LogP) is 11.2. The molecule has 0 nitrogen and oxygen atoms in total. The van der Waals surface area contributed by atoms with Crippen molar-refractivity contribution < 1.29 is 0 Å². The topological polar surface area (TPSA) is 0 Å². The third-order valence-corrected chi connectivity index (χ3v) is 6.60. The van der Waals surface area contributed by atoms with Crippen LogP contribution >= 0.6 is 0 Å². The Hall–Kier alpha value is -2.86. The first-order chi connectivity index (χ1) is 17.2. The van der Waals surface area contributed by atoms with E-state index in [0.717, 1.165) is 12.8 Å². The average molecular weight is 483 g/mol. The molecule has 0 heteroatoms. The minimum absolute atomic E-state index is 0.250. The average Bonchev–Trinajstić information content (AvgIpc) is 2.92. The summed E-state index contributed by atoms with van der Waals surface area (Å²) in [6.45, 7) is 23.6. The van der Waals surface area contributed by atoms with E-state index in [2.05, 4.69) is 134 Å². The molecule has 36 heavy (non-hydrogen) atoms. The maximum Gasteiger partial charge on any atom is 0.0231 e. The lowest BCUT2D eigenvalue weighted by Crippen LogP contribution is -2.04. The summed E-state index contributed by atoms with van der Waals surface area (Å²) in [6.07, 6.45) is 24.9. The zero-order chi connectivity index (χ0) is 27.1. The van der Waals surface area contributed by atoms with E-state index in [9.17, 15) is 0 Å². The molecule has 0 N–H and O–H groups in total. The molecular weight excluding hydrogens is 432 g/mol. The van der Waals surface area contributed by atoms with Gasteiger partial charge in [0.05, 0.1) is 0 Å². The minimum Gasteiger partial charge on any atom is -0.0991 e. The molecule has 2 unspecified atom stereocenters. The summed E-state index contributed by atoms with van der Waals surface area (Å²) in [5, 5.41) is 0. The van der Waals surface area contributed by atoms with Gasteiger partial charge < -0.3 is 0 Å². The van der Waals surface area contributed by atoms with Gasteiger partial charge in [-0.2, -0.15) is 0 Å². The third kappa shape index (κ3) is 10.4. The van der Waals surface area contributed by atoms with Crippen LogP contribution in [0.2, 0.25) is 0 Å². The van der Waals surface area contributed by atoms with Crippen LogP contribution in [-0.4, -0.2) is 0 Å². The second-order valence-corrected chi connectivity index (χ2v) is 9.86. The first-order valence-corrected chi connectivity index (χ1v) is 13.8. The SMILES string of the molecule is C=C/C=C(/C=C/C1=C/CC(C)/C(C)=C/C(/C=C/c2ccc(C)cc2)=C\C1/C(C)=C/CC)C(C)C.CC. The molecule has 0 bridgehead atoms. The Kier molecular flexibility index (Phi) is 14.5. The number of hydrogen-bond donors (Lipinski definition) is 0. The van der Waals surface area contributed by atoms with Gasteiger partial charge >= 0.3 is 0 Å². The van der Waals surface area contributed by atoms with Crippen molar-refractivity contribution in [3.8, 4) is 0 Å². The van der Waals surface area contributed by atoms with Crippen LogP contribution in [0.5, 0.6) is 0 Å². The Bertz CT molecular complexity index is 1030. The molecule has 0 saturated carbocycles.